The highest BCUT2D eigenvalue weighted by Gasteiger charge is 2.29. The van der Waals surface area contributed by atoms with Crippen LogP contribution < -0.4 is 5.32 Å². The van der Waals surface area contributed by atoms with Gasteiger partial charge >= 0.3 is 6.03 Å². The van der Waals surface area contributed by atoms with Gasteiger partial charge in [-0.05, 0) is 32.7 Å². The highest BCUT2D eigenvalue weighted by atomic mass is 32.2. The minimum atomic E-state index is 0.0495. The van der Waals surface area contributed by atoms with Crippen molar-refractivity contribution in [2.75, 3.05) is 32.1 Å². The molecule has 1 aromatic heterocycles. The average Bonchev–Trinajstić information content (AvgIpc) is 2.98. The van der Waals surface area contributed by atoms with Gasteiger partial charge in [-0.1, -0.05) is 0 Å². The summed E-state index contributed by atoms with van der Waals surface area (Å²) in [6.45, 7) is 4.33. The van der Waals surface area contributed by atoms with E-state index in [1.54, 1.807) is 24.2 Å². The molecule has 1 aliphatic heterocycles. The Bertz CT molecular complexity index is 472. The maximum Gasteiger partial charge on any atom is 0.317 e. The number of nitrogens with one attached hydrogen (secondary N) is 1. The lowest BCUT2D eigenvalue weighted by Gasteiger charge is -2.24. The molecule has 7 heteroatoms. The van der Waals surface area contributed by atoms with Gasteiger partial charge in [0.25, 0.3) is 0 Å². The molecule has 0 aromatic carbocycles. The number of carbonyl (C=O) groups is 1. The predicted octanol–water partition coefficient (Wildman–Crippen LogP) is 1.44. The summed E-state index contributed by atoms with van der Waals surface area (Å²) in [7, 11) is 2.07. The lowest BCUT2D eigenvalue weighted by molar-refractivity contribution is 0.194. The number of hydrogen-bond donors (Lipinski definition) is 1. The second-order valence-corrected chi connectivity index (χ2v) is 6.69. The minimum Gasteiger partial charge on any atom is -0.335 e. The van der Waals surface area contributed by atoms with Gasteiger partial charge in [0, 0.05) is 43.3 Å². The Morgan fingerprint density at radius 3 is 2.95 bits per heavy atom. The van der Waals surface area contributed by atoms with Gasteiger partial charge in [-0.3, -0.25) is 4.90 Å². The van der Waals surface area contributed by atoms with Crippen LogP contribution in [0.5, 0.6) is 0 Å². The number of nitrogens with zero attached hydrogens (tertiary/aromatic N) is 4. The first-order chi connectivity index (χ1) is 10.6. The van der Waals surface area contributed by atoms with E-state index in [4.69, 9.17) is 0 Å². The summed E-state index contributed by atoms with van der Waals surface area (Å²) in [4.78, 5) is 24.9. The van der Waals surface area contributed by atoms with Gasteiger partial charge in [0.1, 0.15) is 5.82 Å². The van der Waals surface area contributed by atoms with Gasteiger partial charge in [-0.15, -0.1) is 0 Å². The van der Waals surface area contributed by atoms with Crippen molar-refractivity contribution in [3.8, 4) is 0 Å². The van der Waals surface area contributed by atoms with Crippen molar-refractivity contribution in [2.45, 2.75) is 32.0 Å². The van der Waals surface area contributed by atoms with Crippen LogP contribution in [0.3, 0.4) is 0 Å². The largest absolute Gasteiger partial charge is 0.335 e. The molecule has 1 fully saturated rings. The Balaban J connectivity index is 1.80. The summed E-state index contributed by atoms with van der Waals surface area (Å²) in [5.41, 5.74) is 0. The van der Waals surface area contributed by atoms with Crippen molar-refractivity contribution in [1.82, 2.24) is 25.1 Å². The van der Waals surface area contributed by atoms with E-state index in [1.165, 1.54) is 0 Å². The van der Waals surface area contributed by atoms with Gasteiger partial charge in [0.2, 0.25) is 0 Å². The second-order valence-electron chi connectivity index (χ2n) is 5.77. The van der Waals surface area contributed by atoms with Crippen molar-refractivity contribution >= 4 is 17.8 Å². The number of hydrogen-bond acceptors (Lipinski definition) is 5. The number of likely N-dealkylation sites (N-methyl/N-ethyl adjacent to an activating group) is 1. The lowest BCUT2D eigenvalue weighted by atomic mass is 10.2. The molecule has 0 spiro atoms. The number of aromatic nitrogens is 2. The summed E-state index contributed by atoms with van der Waals surface area (Å²) in [5.74, 6) is 1.76. The summed E-state index contributed by atoms with van der Waals surface area (Å²) >= 11 is 1.75. The molecule has 0 bridgehead atoms. The molecular weight excluding hydrogens is 298 g/mol. The number of amides is 2. The maximum absolute atomic E-state index is 12.2. The van der Waals surface area contributed by atoms with Crippen LogP contribution in [-0.4, -0.2) is 70.0 Å². The molecule has 2 heterocycles. The predicted molar refractivity (Wildman–Crippen MR) is 89.9 cm³/mol. The second kappa shape index (κ2) is 8.33. The molecule has 1 N–H and O–H groups in total. The number of thioether (sulfide) groups is 1. The van der Waals surface area contributed by atoms with Gasteiger partial charge in [0.15, 0.2) is 0 Å². The third-order valence-corrected chi connectivity index (χ3v) is 4.70. The molecule has 0 unspecified atom stereocenters. The van der Waals surface area contributed by atoms with E-state index in [2.05, 4.69) is 33.5 Å². The van der Waals surface area contributed by atoms with Crippen LogP contribution >= 0.6 is 11.8 Å². The number of rotatable bonds is 6. The van der Waals surface area contributed by atoms with Crippen molar-refractivity contribution in [2.24, 2.45) is 0 Å². The molecule has 0 radical (unpaired) electrons. The molecule has 0 saturated carbocycles. The summed E-state index contributed by atoms with van der Waals surface area (Å²) in [6, 6.07) is 2.44. The van der Waals surface area contributed by atoms with E-state index < -0.39 is 0 Å². The highest BCUT2D eigenvalue weighted by molar-refractivity contribution is 7.98. The number of carbonyl (C=O) groups excluding carboxylic acids is 1. The fourth-order valence-corrected chi connectivity index (χ4v) is 3.23. The van der Waals surface area contributed by atoms with Gasteiger partial charge in [-0.2, -0.15) is 11.8 Å². The zero-order chi connectivity index (χ0) is 15.9. The molecule has 0 aliphatic carbocycles. The first-order valence-electron chi connectivity index (χ1n) is 7.60. The Hall–Kier alpha value is -1.34. The first-order valence-corrected chi connectivity index (χ1v) is 9.00. The third-order valence-electron chi connectivity index (χ3n) is 3.87. The zero-order valence-electron chi connectivity index (χ0n) is 13.5. The molecular formula is C15H25N5OS. The van der Waals surface area contributed by atoms with Crippen LogP contribution in [0.2, 0.25) is 0 Å². The van der Waals surface area contributed by atoms with Crippen LogP contribution in [0.15, 0.2) is 18.5 Å². The van der Waals surface area contributed by atoms with E-state index >= 15 is 0 Å². The minimum absolute atomic E-state index is 0.0495. The van der Waals surface area contributed by atoms with Crippen LogP contribution in [0, 0.1) is 0 Å². The summed E-state index contributed by atoms with van der Waals surface area (Å²) in [6.07, 6.45) is 6.57. The molecule has 1 saturated heterocycles. The van der Waals surface area contributed by atoms with Crippen molar-refractivity contribution in [3.05, 3.63) is 24.3 Å². The normalized spacial score (nSPS) is 19.5. The summed E-state index contributed by atoms with van der Waals surface area (Å²) in [5, 5.41) is 3.05. The van der Waals surface area contributed by atoms with Crippen LogP contribution in [0.4, 0.5) is 4.79 Å². The maximum atomic E-state index is 12.2. The molecule has 22 heavy (non-hydrogen) atoms. The smallest absolute Gasteiger partial charge is 0.317 e. The number of urea groups is 1. The Labute approximate surface area is 136 Å². The lowest BCUT2D eigenvalue weighted by Crippen LogP contribution is -2.45. The van der Waals surface area contributed by atoms with Gasteiger partial charge < -0.3 is 10.2 Å². The van der Waals surface area contributed by atoms with Crippen LogP contribution in [0.1, 0.15) is 19.2 Å². The monoisotopic (exact) mass is 323 g/mol. The van der Waals surface area contributed by atoms with Crippen molar-refractivity contribution in [3.63, 3.8) is 0 Å². The van der Waals surface area contributed by atoms with E-state index in [-0.39, 0.29) is 12.1 Å². The zero-order valence-corrected chi connectivity index (χ0v) is 14.3. The van der Waals surface area contributed by atoms with E-state index in [1.807, 2.05) is 17.9 Å². The van der Waals surface area contributed by atoms with E-state index in [0.717, 1.165) is 31.1 Å². The molecule has 2 amide bonds. The molecule has 122 valence electrons. The SMILES string of the molecule is CSC[C@@H](C)NC(=O)N1CC[C@H](N(C)Cc2ncccn2)C1. The third kappa shape index (κ3) is 4.84. The fourth-order valence-electron chi connectivity index (χ4n) is 2.64. The van der Waals surface area contributed by atoms with E-state index in [9.17, 15) is 4.79 Å². The quantitative estimate of drug-likeness (QED) is 0.858. The molecule has 1 aromatic rings. The average molecular weight is 323 g/mol. The first kappa shape index (κ1) is 17.0. The standard InChI is InChI=1S/C15H25N5OS/c1-12(11-22-3)18-15(21)20-8-5-13(9-20)19(2)10-14-16-6-4-7-17-14/h4,6-7,12-13H,5,8-11H2,1-3H3,(H,18,21)/t12-,13+/m1/s1. The molecule has 1 aliphatic rings. The van der Waals surface area contributed by atoms with Gasteiger partial charge in [-0.25, -0.2) is 14.8 Å². The van der Waals surface area contributed by atoms with Crippen LogP contribution in [0.25, 0.3) is 0 Å². The Morgan fingerprint density at radius 2 is 2.27 bits per heavy atom. The Morgan fingerprint density at radius 1 is 1.55 bits per heavy atom. The molecule has 6 nitrogen and oxygen atoms in total. The molecule has 2 rings (SSSR count). The Kier molecular flexibility index (Phi) is 6.45. The topological polar surface area (TPSA) is 61.4 Å². The fraction of sp³-hybridized carbons (Fsp3) is 0.667. The van der Waals surface area contributed by atoms with E-state index in [0.29, 0.717) is 12.6 Å². The highest BCUT2D eigenvalue weighted by Crippen LogP contribution is 2.16. The van der Waals surface area contributed by atoms with Crippen LogP contribution in [-0.2, 0) is 6.54 Å². The van der Waals surface area contributed by atoms with Gasteiger partial charge in [0.05, 0.1) is 6.54 Å². The van der Waals surface area contributed by atoms with Crippen molar-refractivity contribution in [1.29, 1.82) is 0 Å². The summed E-state index contributed by atoms with van der Waals surface area (Å²) < 4.78 is 0. The molecule has 2 atom stereocenters. The number of likely N-dealkylation sites (tertiary alicyclic amines) is 1. The van der Waals surface area contributed by atoms with Crippen molar-refractivity contribution < 1.29 is 4.79 Å².